The van der Waals surface area contributed by atoms with Gasteiger partial charge in [-0.25, -0.2) is 0 Å². The zero-order chi connectivity index (χ0) is 13.7. The maximum Gasteiger partial charge on any atom is 0.0416 e. The Kier molecular flexibility index (Phi) is 4.98. The first-order valence-electron chi connectivity index (χ1n) is 7.70. The van der Waals surface area contributed by atoms with E-state index in [2.05, 4.69) is 43.2 Å². The van der Waals surface area contributed by atoms with E-state index in [0.717, 1.165) is 18.9 Å². The molecule has 1 aromatic rings. The first-order valence-corrected chi connectivity index (χ1v) is 7.70. The molecule has 2 nitrogen and oxygen atoms in total. The molecule has 1 fully saturated rings. The standard InChI is InChI=1S/C17H28N2/c1-17(2,3)15-9-4-5-10-16(15)19-13-11-14-8-6-7-12-18-14/h6-8,12,15-16,19H,4-5,9-11,13H2,1-3H3. The van der Waals surface area contributed by atoms with E-state index in [0.29, 0.717) is 11.5 Å². The minimum absolute atomic E-state index is 0.420. The van der Waals surface area contributed by atoms with E-state index < -0.39 is 0 Å². The highest BCUT2D eigenvalue weighted by molar-refractivity contribution is 5.03. The molecule has 0 radical (unpaired) electrons. The molecule has 1 aromatic heterocycles. The summed E-state index contributed by atoms with van der Waals surface area (Å²) in [4.78, 5) is 4.39. The molecule has 19 heavy (non-hydrogen) atoms. The van der Waals surface area contributed by atoms with Gasteiger partial charge in [-0.15, -0.1) is 0 Å². The highest BCUT2D eigenvalue weighted by Crippen LogP contribution is 2.37. The highest BCUT2D eigenvalue weighted by Gasteiger charge is 2.33. The zero-order valence-corrected chi connectivity index (χ0v) is 12.7. The van der Waals surface area contributed by atoms with Crippen LogP contribution in [0.5, 0.6) is 0 Å². The molecule has 0 amide bonds. The molecule has 0 aliphatic heterocycles. The molecule has 2 rings (SSSR count). The Morgan fingerprint density at radius 3 is 2.68 bits per heavy atom. The Labute approximate surface area is 118 Å². The van der Waals surface area contributed by atoms with Gasteiger partial charge in [-0.2, -0.15) is 0 Å². The molecule has 1 heterocycles. The third-order valence-electron chi connectivity index (χ3n) is 4.39. The van der Waals surface area contributed by atoms with E-state index in [1.54, 1.807) is 0 Å². The molecule has 1 N–H and O–H groups in total. The lowest BCUT2D eigenvalue weighted by Gasteiger charge is -2.41. The zero-order valence-electron chi connectivity index (χ0n) is 12.7. The average molecular weight is 260 g/mol. The van der Waals surface area contributed by atoms with E-state index in [4.69, 9.17) is 0 Å². The van der Waals surface area contributed by atoms with Crippen molar-refractivity contribution < 1.29 is 0 Å². The quantitative estimate of drug-likeness (QED) is 0.890. The van der Waals surface area contributed by atoms with Crippen molar-refractivity contribution in [3.8, 4) is 0 Å². The van der Waals surface area contributed by atoms with Gasteiger partial charge in [0.05, 0.1) is 0 Å². The van der Waals surface area contributed by atoms with E-state index in [9.17, 15) is 0 Å². The Bertz CT molecular complexity index is 367. The van der Waals surface area contributed by atoms with Crippen LogP contribution in [0.1, 0.15) is 52.1 Å². The fourth-order valence-electron chi connectivity index (χ4n) is 3.34. The van der Waals surface area contributed by atoms with Gasteiger partial charge >= 0.3 is 0 Å². The minimum atomic E-state index is 0.420. The van der Waals surface area contributed by atoms with Crippen LogP contribution in [-0.2, 0) is 6.42 Å². The summed E-state index contributed by atoms with van der Waals surface area (Å²) in [5.74, 6) is 0.810. The Hall–Kier alpha value is -0.890. The van der Waals surface area contributed by atoms with Crippen molar-refractivity contribution in [3.05, 3.63) is 30.1 Å². The van der Waals surface area contributed by atoms with Crippen molar-refractivity contribution >= 4 is 0 Å². The third-order valence-corrected chi connectivity index (χ3v) is 4.39. The average Bonchev–Trinajstić information content (AvgIpc) is 2.39. The lowest BCUT2D eigenvalue weighted by Crippen LogP contribution is -2.44. The van der Waals surface area contributed by atoms with Crippen molar-refractivity contribution in [1.82, 2.24) is 10.3 Å². The fourth-order valence-corrected chi connectivity index (χ4v) is 3.34. The van der Waals surface area contributed by atoms with Crippen LogP contribution in [0, 0.1) is 11.3 Å². The third kappa shape index (κ3) is 4.31. The summed E-state index contributed by atoms with van der Waals surface area (Å²) in [5, 5.41) is 3.79. The van der Waals surface area contributed by atoms with E-state index in [1.165, 1.54) is 31.4 Å². The van der Waals surface area contributed by atoms with Crippen molar-refractivity contribution in [2.24, 2.45) is 11.3 Å². The van der Waals surface area contributed by atoms with Crippen molar-refractivity contribution in [3.63, 3.8) is 0 Å². The predicted octanol–water partition coefficient (Wildman–Crippen LogP) is 3.82. The molecule has 0 aromatic carbocycles. The second-order valence-corrected chi connectivity index (χ2v) is 6.89. The number of nitrogens with zero attached hydrogens (tertiary/aromatic N) is 1. The fraction of sp³-hybridized carbons (Fsp3) is 0.706. The SMILES string of the molecule is CC(C)(C)C1CCCCC1NCCc1ccccn1. The predicted molar refractivity (Wildman–Crippen MR) is 81.1 cm³/mol. The number of hydrogen-bond acceptors (Lipinski definition) is 2. The molecule has 1 aliphatic rings. The van der Waals surface area contributed by atoms with Gasteiger partial charge in [0.2, 0.25) is 0 Å². The number of hydrogen-bond donors (Lipinski definition) is 1. The maximum absolute atomic E-state index is 4.39. The Morgan fingerprint density at radius 1 is 1.21 bits per heavy atom. The van der Waals surface area contributed by atoms with E-state index in [1.807, 2.05) is 12.3 Å². The molecule has 1 aliphatic carbocycles. The number of nitrogens with one attached hydrogen (secondary N) is 1. The second kappa shape index (κ2) is 6.51. The number of rotatable bonds is 4. The summed E-state index contributed by atoms with van der Waals surface area (Å²) in [7, 11) is 0. The largest absolute Gasteiger partial charge is 0.313 e. The molecule has 2 heteroatoms. The number of aromatic nitrogens is 1. The summed E-state index contributed by atoms with van der Waals surface area (Å²) >= 11 is 0. The molecule has 0 bridgehead atoms. The molecule has 1 saturated carbocycles. The smallest absolute Gasteiger partial charge is 0.0416 e. The highest BCUT2D eigenvalue weighted by atomic mass is 14.9. The topological polar surface area (TPSA) is 24.9 Å². The van der Waals surface area contributed by atoms with Gasteiger partial charge in [0, 0.05) is 30.9 Å². The lowest BCUT2D eigenvalue weighted by molar-refractivity contribution is 0.131. The van der Waals surface area contributed by atoms with Crippen LogP contribution in [0.25, 0.3) is 0 Å². The van der Waals surface area contributed by atoms with Gasteiger partial charge in [-0.1, -0.05) is 39.7 Å². The molecular formula is C17H28N2. The first-order chi connectivity index (χ1) is 9.07. The summed E-state index contributed by atoms with van der Waals surface area (Å²) in [6.07, 6.45) is 8.42. The van der Waals surface area contributed by atoms with Gasteiger partial charge < -0.3 is 5.32 Å². The Morgan fingerprint density at radius 2 is 2.00 bits per heavy atom. The van der Waals surface area contributed by atoms with Crippen LogP contribution in [0.4, 0.5) is 0 Å². The Balaban J connectivity index is 1.83. The van der Waals surface area contributed by atoms with Gasteiger partial charge in [0.25, 0.3) is 0 Å². The summed E-state index contributed by atoms with van der Waals surface area (Å²) in [6, 6.07) is 6.86. The van der Waals surface area contributed by atoms with Gasteiger partial charge in [-0.3, -0.25) is 4.98 Å². The molecular weight excluding hydrogens is 232 g/mol. The first kappa shape index (κ1) is 14.5. The van der Waals surface area contributed by atoms with E-state index >= 15 is 0 Å². The van der Waals surface area contributed by atoms with Crippen LogP contribution in [-0.4, -0.2) is 17.6 Å². The van der Waals surface area contributed by atoms with E-state index in [-0.39, 0.29) is 0 Å². The van der Waals surface area contributed by atoms with Gasteiger partial charge in [-0.05, 0) is 36.3 Å². The summed E-state index contributed by atoms with van der Waals surface area (Å²) < 4.78 is 0. The van der Waals surface area contributed by atoms with Gasteiger partial charge in [0.15, 0.2) is 0 Å². The molecule has 0 saturated heterocycles. The number of pyridine rings is 1. The maximum atomic E-state index is 4.39. The van der Waals surface area contributed by atoms with Crippen LogP contribution in [0.2, 0.25) is 0 Å². The minimum Gasteiger partial charge on any atom is -0.313 e. The second-order valence-electron chi connectivity index (χ2n) is 6.89. The summed E-state index contributed by atoms with van der Waals surface area (Å²) in [5.41, 5.74) is 1.61. The molecule has 0 spiro atoms. The summed E-state index contributed by atoms with van der Waals surface area (Å²) in [6.45, 7) is 8.21. The van der Waals surface area contributed by atoms with Crippen molar-refractivity contribution in [2.75, 3.05) is 6.54 Å². The normalized spacial score (nSPS) is 24.4. The van der Waals surface area contributed by atoms with Crippen molar-refractivity contribution in [1.29, 1.82) is 0 Å². The lowest BCUT2D eigenvalue weighted by atomic mass is 9.69. The molecule has 2 atom stereocenters. The van der Waals surface area contributed by atoms with Crippen LogP contribution >= 0.6 is 0 Å². The van der Waals surface area contributed by atoms with Crippen LogP contribution in [0.15, 0.2) is 24.4 Å². The molecule has 106 valence electrons. The molecule has 2 unspecified atom stereocenters. The van der Waals surface area contributed by atoms with Crippen LogP contribution < -0.4 is 5.32 Å². The van der Waals surface area contributed by atoms with Crippen LogP contribution in [0.3, 0.4) is 0 Å². The van der Waals surface area contributed by atoms with Crippen molar-refractivity contribution in [2.45, 2.75) is 58.9 Å². The van der Waals surface area contributed by atoms with Gasteiger partial charge in [0.1, 0.15) is 0 Å². The monoisotopic (exact) mass is 260 g/mol.